The van der Waals surface area contributed by atoms with Gasteiger partial charge in [0.15, 0.2) is 5.65 Å². The van der Waals surface area contributed by atoms with E-state index >= 15 is 0 Å². The van der Waals surface area contributed by atoms with E-state index < -0.39 is 0 Å². The van der Waals surface area contributed by atoms with Crippen LogP contribution in [0.25, 0.3) is 5.65 Å². The molecule has 0 spiro atoms. The van der Waals surface area contributed by atoms with Crippen molar-refractivity contribution in [3.8, 4) is 0 Å². The van der Waals surface area contributed by atoms with Crippen molar-refractivity contribution in [2.24, 2.45) is 0 Å². The molecule has 0 aliphatic carbocycles. The molecule has 3 aromatic heterocycles. The van der Waals surface area contributed by atoms with Crippen LogP contribution in [0, 0.1) is 6.92 Å². The van der Waals surface area contributed by atoms with Gasteiger partial charge in [-0.1, -0.05) is 6.92 Å². The van der Waals surface area contributed by atoms with E-state index in [9.17, 15) is 4.79 Å². The average molecular weight is 352 g/mol. The number of carbonyl (C=O) groups is 1. The predicted octanol–water partition coefficient (Wildman–Crippen LogP) is 2.66. The van der Waals surface area contributed by atoms with E-state index in [0.717, 1.165) is 50.2 Å². The molecular weight excluding hydrogens is 328 g/mol. The fourth-order valence-corrected chi connectivity index (χ4v) is 3.71. The number of aromatic nitrogens is 5. The second kappa shape index (κ2) is 6.90. The Morgan fingerprint density at radius 1 is 1.23 bits per heavy atom. The van der Waals surface area contributed by atoms with Crippen LogP contribution in [0.15, 0.2) is 30.6 Å². The minimum absolute atomic E-state index is 0.0353. The summed E-state index contributed by atoms with van der Waals surface area (Å²) in [7, 11) is 0. The second-order valence-corrected chi connectivity index (χ2v) is 6.96. The molecule has 0 aromatic carbocycles. The van der Waals surface area contributed by atoms with Gasteiger partial charge >= 0.3 is 0 Å². The molecule has 0 saturated carbocycles. The minimum Gasteiger partial charge on any atom is -0.337 e. The van der Waals surface area contributed by atoms with Crippen molar-refractivity contribution in [2.45, 2.75) is 45.6 Å². The maximum absolute atomic E-state index is 12.7. The molecule has 1 aliphatic heterocycles. The van der Waals surface area contributed by atoms with Crippen molar-refractivity contribution < 1.29 is 4.79 Å². The lowest BCUT2D eigenvalue weighted by atomic mass is 9.93. The van der Waals surface area contributed by atoms with Crippen LogP contribution < -0.4 is 0 Å². The summed E-state index contributed by atoms with van der Waals surface area (Å²) in [5.41, 5.74) is 3.59. The second-order valence-electron chi connectivity index (χ2n) is 6.96. The highest BCUT2D eigenvalue weighted by atomic mass is 16.2. The number of hydrogen-bond acceptors (Lipinski definition) is 4. The zero-order chi connectivity index (χ0) is 18.1. The van der Waals surface area contributed by atoms with Gasteiger partial charge in [0.25, 0.3) is 5.91 Å². The molecule has 4 heterocycles. The van der Waals surface area contributed by atoms with E-state index in [0.29, 0.717) is 11.6 Å². The molecule has 26 heavy (non-hydrogen) atoms. The van der Waals surface area contributed by atoms with Crippen molar-refractivity contribution >= 4 is 11.6 Å². The first-order valence-corrected chi connectivity index (χ1v) is 9.29. The zero-order valence-corrected chi connectivity index (χ0v) is 15.3. The number of carbonyl (C=O) groups excluding carboxylic acids is 1. The maximum Gasteiger partial charge on any atom is 0.274 e. The van der Waals surface area contributed by atoms with Crippen LogP contribution >= 0.6 is 0 Å². The molecule has 1 aliphatic rings. The third-order valence-electron chi connectivity index (χ3n) is 5.02. The maximum atomic E-state index is 12.7. The number of piperidine rings is 1. The van der Waals surface area contributed by atoms with Gasteiger partial charge in [-0.05, 0) is 38.3 Å². The van der Waals surface area contributed by atoms with Crippen molar-refractivity contribution in [2.75, 3.05) is 13.1 Å². The molecule has 136 valence electrons. The van der Waals surface area contributed by atoms with Crippen LogP contribution in [0.2, 0.25) is 0 Å². The number of likely N-dealkylation sites (tertiary alicyclic amines) is 1. The summed E-state index contributed by atoms with van der Waals surface area (Å²) in [6.07, 6.45) is 6.60. The number of hydrogen-bond donors (Lipinski definition) is 0. The van der Waals surface area contributed by atoms with Crippen LogP contribution in [0.5, 0.6) is 0 Å². The largest absolute Gasteiger partial charge is 0.337 e. The van der Waals surface area contributed by atoms with Gasteiger partial charge in [0.2, 0.25) is 0 Å². The first kappa shape index (κ1) is 16.8. The Kier molecular flexibility index (Phi) is 4.44. The number of amides is 1. The first-order valence-electron chi connectivity index (χ1n) is 9.29. The Bertz CT molecular complexity index is 919. The summed E-state index contributed by atoms with van der Waals surface area (Å²) < 4.78 is 3.79. The molecule has 0 N–H and O–H groups in total. The smallest absolute Gasteiger partial charge is 0.274 e. The minimum atomic E-state index is 0.0353. The molecule has 0 bridgehead atoms. The van der Waals surface area contributed by atoms with Gasteiger partial charge in [0.05, 0.1) is 5.69 Å². The highest BCUT2D eigenvalue weighted by molar-refractivity contribution is 5.92. The highest BCUT2D eigenvalue weighted by Gasteiger charge is 2.27. The molecule has 0 unspecified atom stereocenters. The van der Waals surface area contributed by atoms with Crippen molar-refractivity contribution in [3.05, 3.63) is 47.7 Å². The average Bonchev–Trinajstić information content (AvgIpc) is 3.27. The summed E-state index contributed by atoms with van der Waals surface area (Å²) in [6, 6.07) is 5.87. The van der Waals surface area contributed by atoms with Crippen LogP contribution in [0.3, 0.4) is 0 Å². The van der Waals surface area contributed by atoms with Crippen LogP contribution in [0.4, 0.5) is 0 Å². The molecule has 1 amide bonds. The standard InChI is InChI=1S/C19H24N6O/c1-3-9-24-12-7-16(22-24)19(26)23-10-5-15(6-11-23)17-4-8-20-18-13-14(2)21-25(17)18/h4,7-8,12-13,15H,3,5-6,9-11H2,1-2H3. The van der Waals surface area contributed by atoms with Gasteiger partial charge in [0.1, 0.15) is 5.69 Å². The van der Waals surface area contributed by atoms with Gasteiger partial charge in [-0.2, -0.15) is 10.2 Å². The Labute approximate surface area is 152 Å². The lowest BCUT2D eigenvalue weighted by Crippen LogP contribution is -2.38. The molecule has 1 fully saturated rings. The number of nitrogens with zero attached hydrogens (tertiary/aromatic N) is 6. The Balaban J connectivity index is 1.45. The van der Waals surface area contributed by atoms with Gasteiger partial charge in [0, 0.05) is 49.7 Å². The molecule has 0 atom stereocenters. The Hall–Kier alpha value is -2.70. The zero-order valence-electron chi connectivity index (χ0n) is 15.3. The summed E-state index contributed by atoms with van der Waals surface area (Å²) in [5.74, 6) is 0.426. The molecule has 3 aromatic rings. The van der Waals surface area contributed by atoms with Crippen LogP contribution in [-0.4, -0.2) is 48.3 Å². The summed E-state index contributed by atoms with van der Waals surface area (Å²) >= 11 is 0. The quantitative estimate of drug-likeness (QED) is 0.724. The van der Waals surface area contributed by atoms with Crippen molar-refractivity contribution in [3.63, 3.8) is 0 Å². The normalized spacial score (nSPS) is 15.7. The molecule has 1 saturated heterocycles. The topological polar surface area (TPSA) is 68.3 Å². The SMILES string of the molecule is CCCn1ccc(C(=O)N2CCC(c3ccnc4cc(C)nn34)CC2)n1. The van der Waals surface area contributed by atoms with E-state index in [1.54, 1.807) is 0 Å². The van der Waals surface area contributed by atoms with E-state index in [1.165, 1.54) is 5.69 Å². The van der Waals surface area contributed by atoms with E-state index in [4.69, 9.17) is 0 Å². The molecule has 0 radical (unpaired) electrons. The van der Waals surface area contributed by atoms with Crippen molar-refractivity contribution in [1.29, 1.82) is 0 Å². The lowest BCUT2D eigenvalue weighted by Gasteiger charge is -2.31. The highest BCUT2D eigenvalue weighted by Crippen LogP contribution is 2.28. The first-order chi connectivity index (χ1) is 12.7. The Morgan fingerprint density at radius 3 is 2.81 bits per heavy atom. The summed E-state index contributed by atoms with van der Waals surface area (Å²) in [4.78, 5) is 19.0. The lowest BCUT2D eigenvalue weighted by molar-refractivity contribution is 0.0704. The van der Waals surface area contributed by atoms with Crippen molar-refractivity contribution in [1.82, 2.24) is 29.3 Å². The Morgan fingerprint density at radius 2 is 2.04 bits per heavy atom. The van der Waals surface area contributed by atoms with Crippen LogP contribution in [0.1, 0.15) is 54.0 Å². The van der Waals surface area contributed by atoms with E-state index in [1.807, 2.05) is 51.6 Å². The third-order valence-corrected chi connectivity index (χ3v) is 5.02. The fraction of sp³-hybridized carbons (Fsp3) is 0.474. The monoisotopic (exact) mass is 352 g/mol. The number of rotatable bonds is 4. The van der Waals surface area contributed by atoms with Gasteiger partial charge in [-0.15, -0.1) is 0 Å². The van der Waals surface area contributed by atoms with Gasteiger partial charge < -0.3 is 4.90 Å². The van der Waals surface area contributed by atoms with Gasteiger partial charge in [-0.25, -0.2) is 9.50 Å². The van der Waals surface area contributed by atoms with Crippen LogP contribution in [-0.2, 0) is 6.54 Å². The summed E-state index contributed by atoms with van der Waals surface area (Å²) in [5, 5.41) is 8.97. The molecule has 7 nitrogen and oxygen atoms in total. The van der Waals surface area contributed by atoms with E-state index in [2.05, 4.69) is 22.1 Å². The third kappa shape index (κ3) is 3.09. The fourth-order valence-electron chi connectivity index (χ4n) is 3.71. The molecule has 7 heteroatoms. The van der Waals surface area contributed by atoms with Gasteiger partial charge in [-0.3, -0.25) is 9.48 Å². The number of aryl methyl sites for hydroxylation is 2. The molecular formula is C19H24N6O. The molecule has 4 rings (SSSR count). The van der Waals surface area contributed by atoms with E-state index in [-0.39, 0.29) is 5.91 Å². The number of fused-ring (bicyclic) bond motifs is 1. The predicted molar refractivity (Wildman–Crippen MR) is 98.1 cm³/mol. The summed E-state index contributed by atoms with van der Waals surface area (Å²) in [6.45, 7) is 6.42.